The zero-order valence-corrected chi connectivity index (χ0v) is 63.4. The molecule has 0 radical (unpaired) electrons. The van der Waals surface area contributed by atoms with E-state index in [0.717, 1.165) is 50.6 Å². The molecule has 14 atom stereocenters. The number of aliphatic hydroxyl groups excluding tert-OH is 1. The van der Waals surface area contributed by atoms with Crippen LogP contribution >= 0.6 is 0 Å². The Bertz CT molecular complexity index is 2580. The lowest BCUT2D eigenvalue weighted by Gasteiger charge is -2.41. The molecule has 22 heteroatoms. The summed E-state index contributed by atoms with van der Waals surface area (Å²) in [5.74, 6) is -10.9. The smallest absolute Gasteiger partial charge is 0.246 e. The minimum Gasteiger partial charge on any atom is -0.390 e. The summed E-state index contributed by atoms with van der Waals surface area (Å²) in [6, 6.07) is -9.56. The normalized spacial score (nSPS) is 28.1. The van der Waals surface area contributed by atoms with Gasteiger partial charge in [0.05, 0.1) is 18.2 Å². The first-order chi connectivity index (χ1) is 44.1. The van der Waals surface area contributed by atoms with Crippen molar-refractivity contribution in [3.8, 4) is 0 Å². The van der Waals surface area contributed by atoms with Crippen molar-refractivity contribution in [3.63, 3.8) is 0 Å². The van der Waals surface area contributed by atoms with E-state index in [9.17, 15) is 24.3 Å². The second kappa shape index (κ2) is 39.7. The van der Waals surface area contributed by atoms with Crippen molar-refractivity contribution in [1.82, 2.24) is 49.4 Å². The van der Waals surface area contributed by atoms with Crippen LogP contribution in [0.1, 0.15) is 189 Å². The summed E-state index contributed by atoms with van der Waals surface area (Å²) in [6.07, 6.45) is 3.64. The van der Waals surface area contributed by atoms with Gasteiger partial charge in [-0.25, -0.2) is 0 Å². The average molecular weight is 1340 g/mol. The van der Waals surface area contributed by atoms with E-state index in [1.807, 2.05) is 75.3 Å². The molecule has 2 aliphatic rings. The first kappa shape index (κ1) is 85.5. The molecule has 2 saturated heterocycles. The quantitative estimate of drug-likeness (QED) is 0.124. The lowest BCUT2D eigenvalue weighted by Crippen LogP contribution is -2.63. The summed E-state index contributed by atoms with van der Waals surface area (Å²) in [6.45, 7) is 38.2. The van der Waals surface area contributed by atoms with E-state index in [-0.39, 0.29) is 80.0 Å². The van der Waals surface area contributed by atoms with Crippen LogP contribution in [0.3, 0.4) is 0 Å². The second-order valence-electron chi connectivity index (χ2n) is 30.1. The van der Waals surface area contributed by atoms with E-state index in [4.69, 9.17) is 0 Å². The molecule has 22 nitrogen and oxygen atoms in total. The number of hydrogen-bond donors (Lipinski definition) is 2. The van der Waals surface area contributed by atoms with Crippen LogP contribution in [0.2, 0.25) is 0 Å². The highest BCUT2D eigenvalue weighted by Gasteiger charge is 2.46. The third-order valence-corrected chi connectivity index (χ3v) is 20.3. The number of likely N-dealkylation sites (N-methyl/N-ethyl adjacent to an activating group) is 8. The summed E-state index contributed by atoms with van der Waals surface area (Å²) in [5.41, 5.74) is 0. The minimum atomic E-state index is -1.61. The molecule has 2 rings (SSSR count). The minimum absolute atomic E-state index is 0.0298. The average Bonchev–Trinajstić information content (AvgIpc) is 0.810. The van der Waals surface area contributed by atoms with Crippen LogP contribution in [0.5, 0.6) is 0 Å². The molecule has 0 aromatic rings. The van der Waals surface area contributed by atoms with Crippen LogP contribution < -0.4 is 5.32 Å². The molecule has 8 amide bonds. The highest BCUT2D eigenvalue weighted by atomic mass is 16.3. The molecule has 2 heterocycles. The first-order valence-corrected chi connectivity index (χ1v) is 35.6. The molecule has 0 aliphatic carbocycles. The summed E-state index contributed by atoms with van der Waals surface area (Å²) in [7, 11) is 10.4. The summed E-state index contributed by atoms with van der Waals surface area (Å²) < 4.78 is 0. The first-order valence-electron chi connectivity index (χ1n) is 35.6. The summed E-state index contributed by atoms with van der Waals surface area (Å²) in [5, 5.41) is 15.1. The lowest BCUT2D eigenvalue weighted by molar-refractivity contribution is -0.157. The summed E-state index contributed by atoms with van der Waals surface area (Å²) in [4.78, 5) is 178. The van der Waals surface area contributed by atoms with E-state index in [2.05, 4.69) is 22.0 Å². The van der Waals surface area contributed by atoms with Crippen molar-refractivity contribution in [2.24, 2.45) is 59.2 Å². The molecule has 2 aliphatic heterocycles. The third kappa shape index (κ3) is 23.8. The number of aliphatic hydroxyl groups is 1. The van der Waals surface area contributed by atoms with Crippen molar-refractivity contribution < 1.29 is 57.8 Å². The van der Waals surface area contributed by atoms with Crippen molar-refractivity contribution in [1.29, 1.82) is 0 Å². The number of amides is 8. The predicted molar refractivity (Wildman–Crippen MR) is 374 cm³/mol. The molecule has 0 aromatic heterocycles. The van der Waals surface area contributed by atoms with Gasteiger partial charge in [0.15, 0.2) is 11.6 Å². The Balaban J connectivity index is 3.03. The molecule has 2 fully saturated rings. The van der Waals surface area contributed by atoms with Crippen molar-refractivity contribution >= 4 is 64.6 Å². The monoisotopic (exact) mass is 1340 g/mol. The van der Waals surface area contributed by atoms with Crippen LogP contribution in [0.4, 0.5) is 0 Å². The van der Waals surface area contributed by atoms with E-state index >= 15 is 33.6 Å². The SMILES string of the molecule is C/C=C/C[C@@H](C)[C@@H](O)[C@H]1C(=O)N[C@@H](CC)C(=O)N(C)[C@H](C)C(=O)N(C)[C@@H]([C@H](C)CCCN2CCN(CC)CC2)C(=O)C[C@@H](C(C)C)C(=O)N(C)[C@@H](CC(C)C)C(=O)C[C@@H](C)C(=O)C[C@H](C)C(=O)N(C)[C@@H](CC(C)C)C(=O)N(C)[C@@H](CC(C)C)C(=O)N(C)[C@@H](C(C)C)C(=O)N1C. The molecule has 0 spiro atoms. The number of Topliss-reactive ketones (excluding diaryl/α,β-unsaturated/α-hetero) is 3. The van der Waals surface area contributed by atoms with Crippen molar-refractivity contribution in [2.45, 2.75) is 243 Å². The Kier molecular flexibility index (Phi) is 35.7. The molecule has 544 valence electrons. The number of hydrogen-bond acceptors (Lipinski definition) is 14. The fraction of sp³-hybridized carbons (Fsp3) is 0.822. The van der Waals surface area contributed by atoms with Gasteiger partial charge in [0, 0.05) is 113 Å². The van der Waals surface area contributed by atoms with Gasteiger partial charge in [-0.15, -0.1) is 0 Å². The third-order valence-electron chi connectivity index (χ3n) is 20.3. The number of rotatable bonds is 19. The number of allylic oxidation sites excluding steroid dienone is 2. The van der Waals surface area contributed by atoms with Gasteiger partial charge in [-0.05, 0) is 113 Å². The van der Waals surface area contributed by atoms with E-state index in [1.165, 1.54) is 71.7 Å². The van der Waals surface area contributed by atoms with Crippen LogP contribution in [-0.2, 0) is 52.7 Å². The van der Waals surface area contributed by atoms with Crippen LogP contribution in [0, 0.1) is 59.2 Å². The number of carbonyl (C=O) groups is 11. The van der Waals surface area contributed by atoms with E-state index < -0.39 is 143 Å². The standard InChI is InChI=1S/C73H130N10O12/c1-26-29-31-50(15)65(87)64-66(88)74-55(27-2)70(92)75(19)53(18)68(90)80(24)63(49(14)32-30-33-83-36-34-82(28-3)35-37-83)61(86)43-54(47(10)11)69(91)76(20)56(38-44(4)5)60(85)41-51(16)59(84)42-52(17)67(89)77(21)57(39-45(6)7)71(93)78(22)58(40-46(8)9)72(94)79(23)62(48(12)13)73(95)81(64)25/h26,29,44-58,62-65,87H,27-28,30-43H2,1-25H3,(H,74,88)/b29-26+/t49-,50-,51-,52+,53-,54+,55+,56+,57+,58+,62+,63+,64+,65-/m1/s1. The highest BCUT2D eigenvalue weighted by molar-refractivity contribution is 6.00. The van der Waals surface area contributed by atoms with Crippen LogP contribution in [-0.4, -0.2) is 257 Å². The van der Waals surface area contributed by atoms with Gasteiger partial charge in [0.1, 0.15) is 42.0 Å². The molecule has 0 unspecified atom stereocenters. The van der Waals surface area contributed by atoms with Gasteiger partial charge in [-0.1, -0.05) is 123 Å². The number of piperazine rings is 1. The van der Waals surface area contributed by atoms with Gasteiger partial charge in [0.25, 0.3) is 0 Å². The topological polar surface area (TPSA) is 249 Å². The van der Waals surface area contributed by atoms with Crippen molar-refractivity contribution in [3.05, 3.63) is 12.2 Å². The molecule has 0 aromatic carbocycles. The molecular formula is C73H130N10O12. The Morgan fingerprint density at radius 3 is 1.43 bits per heavy atom. The lowest BCUT2D eigenvalue weighted by atomic mass is 9.82. The molecular weight excluding hydrogens is 1210 g/mol. The molecule has 2 N–H and O–H groups in total. The summed E-state index contributed by atoms with van der Waals surface area (Å²) >= 11 is 0. The fourth-order valence-electron chi connectivity index (χ4n) is 13.7. The van der Waals surface area contributed by atoms with Gasteiger partial charge < -0.3 is 54.5 Å². The predicted octanol–water partition coefficient (Wildman–Crippen LogP) is 6.94. The Hall–Kier alpha value is -5.61. The Morgan fingerprint density at radius 1 is 0.484 bits per heavy atom. The fourth-order valence-corrected chi connectivity index (χ4v) is 13.7. The maximum Gasteiger partial charge on any atom is 0.246 e. The van der Waals surface area contributed by atoms with Gasteiger partial charge in [0.2, 0.25) is 47.3 Å². The van der Waals surface area contributed by atoms with Crippen molar-refractivity contribution in [2.75, 3.05) is 88.6 Å². The maximum absolute atomic E-state index is 15.3. The molecule has 95 heavy (non-hydrogen) atoms. The second-order valence-corrected chi connectivity index (χ2v) is 30.1. The Labute approximate surface area is 572 Å². The van der Waals surface area contributed by atoms with Gasteiger partial charge in [-0.3, -0.25) is 52.7 Å². The maximum atomic E-state index is 15.3. The zero-order chi connectivity index (χ0) is 73.0. The number of ketones is 3. The van der Waals surface area contributed by atoms with E-state index in [0.29, 0.717) is 12.8 Å². The van der Waals surface area contributed by atoms with E-state index in [1.54, 1.807) is 61.6 Å². The van der Waals surface area contributed by atoms with Crippen LogP contribution in [0.25, 0.3) is 0 Å². The zero-order valence-electron chi connectivity index (χ0n) is 63.4. The molecule has 0 bridgehead atoms. The molecule has 0 saturated carbocycles. The van der Waals surface area contributed by atoms with Gasteiger partial charge in [-0.2, -0.15) is 0 Å². The highest BCUT2D eigenvalue weighted by Crippen LogP contribution is 2.30. The Morgan fingerprint density at radius 2 is 0.947 bits per heavy atom. The van der Waals surface area contributed by atoms with Crippen LogP contribution in [0.15, 0.2) is 12.2 Å². The number of carbonyl (C=O) groups excluding carboxylic acids is 11. The van der Waals surface area contributed by atoms with Gasteiger partial charge >= 0.3 is 0 Å². The number of nitrogens with one attached hydrogen (secondary N) is 1. The largest absolute Gasteiger partial charge is 0.390 e. The number of nitrogens with zero attached hydrogens (tertiary/aromatic N) is 9.